The predicted octanol–water partition coefficient (Wildman–Crippen LogP) is 5.44. The number of rotatable bonds is 7. The summed E-state index contributed by atoms with van der Waals surface area (Å²) in [6, 6.07) is 18.7. The van der Waals surface area contributed by atoms with E-state index < -0.39 is 6.04 Å². The molecule has 3 aromatic rings. The Hall–Kier alpha value is -3.44. The number of hydrogen-bond donors (Lipinski definition) is 2. The van der Waals surface area contributed by atoms with Gasteiger partial charge in [0.2, 0.25) is 11.8 Å². The van der Waals surface area contributed by atoms with Crippen LogP contribution in [0.15, 0.2) is 54.6 Å². The zero-order chi connectivity index (χ0) is 27.7. The second-order valence-corrected chi connectivity index (χ2v) is 11.6. The lowest BCUT2D eigenvalue weighted by Crippen LogP contribution is -2.46. The summed E-state index contributed by atoms with van der Waals surface area (Å²) in [5.74, 6) is 0.541. The van der Waals surface area contributed by atoms with Gasteiger partial charge in [-0.1, -0.05) is 61.0 Å². The average Bonchev–Trinajstić information content (AvgIpc) is 3.32. The molecule has 39 heavy (non-hydrogen) atoms. The van der Waals surface area contributed by atoms with E-state index in [4.69, 9.17) is 5.73 Å². The van der Waals surface area contributed by atoms with E-state index in [9.17, 15) is 9.59 Å². The number of aryl methyl sites for hydroxylation is 3. The minimum Gasteiger partial charge on any atom is -0.348 e. The van der Waals surface area contributed by atoms with Crippen LogP contribution in [0.2, 0.25) is 0 Å². The number of amides is 2. The van der Waals surface area contributed by atoms with Crippen LogP contribution in [0.25, 0.3) is 0 Å². The van der Waals surface area contributed by atoms with Crippen molar-refractivity contribution >= 4 is 17.5 Å². The van der Waals surface area contributed by atoms with Crippen molar-refractivity contribution in [1.29, 1.82) is 0 Å². The molecule has 3 aromatic carbocycles. The zero-order valence-electron chi connectivity index (χ0n) is 23.7. The fourth-order valence-electron chi connectivity index (χ4n) is 6.64. The first kappa shape index (κ1) is 27.1. The Bertz CT molecular complexity index is 1350. The summed E-state index contributed by atoms with van der Waals surface area (Å²) in [6.45, 7) is 8.74. The monoisotopic (exact) mass is 523 g/mol. The Morgan fingerprint density at radius 2 is 1.67 bits per heavy atom. The van der Waals surface area contributed by atoms with Crippen molar-refractivity contribution in [3.63, 3.8) is 0 Å². The van der Waals surface area contributed by atoms with E-state index in [0.29, 0.717) is 31.7 Å². The van der Waals surface area contributed by atoms with Crippen LogP contribution in [0.3, 0.4) is 0 Å². The lowest BCUT2D eigenvalue weighted by atomic mass is 9.90. The molecule has 2 atom stereocenters. The number of hydrogen-bond acceptors (Lipinski definition) is 3. The Balaban J connectivity index is 1.35. The standard InChI is InChI=1S/C34H41N3O2/c1-5-33(38)37-13-12-31(36-34(39)30(35)20-28-22(3)14-21(2)15-23(28)4)29-19-24(10-11-32(29)37)16-25-17-26-8-6-7-9-27(26)18-25/h6-11,14-15,19,25,30-31H,5,12-13,16-18,20,35H2,1-4H3,(H,36,39)/t30-,31+/m0/s1. The zero-order valence-corrected chi connectivity index (χ0v) is 23.7. The van der Waals surface area contributed by atoms with Gasteiger partial charge in [0.25, 0.3) is 0 Å². The summed E-state index contributed by atoms with van der Waals surface area (Å²) in [7, 11) is 0. The van der Waals surface area contributed by atoms with Crippen molar-refractivity contribution in [3.05, 3.63) is 99.1 Å². The molecular formula is C34H41N3O2. The van der Waals surface area contributed by atoms with Crippen LogP contribution in [0.1, 0.15) is 70.3 Å². The van der Waals surface area contributed by atoms with Crippen LogP contribution >= 0.6 is 0 Å². The topological polar surface area (TPSA) is 75.4 Å². The number of nitrogens with zero attached hydrogens (tertiary/aromatic N) is 1. The Morgan fingerprint density at radius 3 is 2.31 bits per heavy atom. The summed E-state index contributed by atoms with van der Waals surface area (Å²) in [5, 5.41) is 3.26. The molecule has 2 aliphatic rings. The van der Waals surface area contributed by atoms with Crippen molar-refractivity contribution in [2.75, 3.05) is 11.4 Å². The quantitative estimate of drug-likeness (QED) is 0.433. The molecule has 5 heteroatoms. The Morgan fingerprint density at radius 1 is 1.00 bits per heavy atom. The van der Waals surface area contributed by atoms with Gasteiger partial charge >= 0.3 is 0 Å². The summed E-state index contributed by atoms with van der Waals surface area (Å²) in [6.07, 6.45) is 4.82. The second-order valence-electron chi connectivity index (χ2n) is 11.6. The molecule has 0 bridgehead atoms. The lowest BCUT2D eigenvalue weighted by Gasteiger charge is -2.35. The Kier molecular flexibility index (Phi) is 7.90. The molecule has 2 amide bonds. The van der Waals surface area contributed by atoms with Gasteiger partial charge in [-0.25, -0.2) is 0 Å². The minimum atomic E-state index is -0.635. The first-order valence-electron chi connectivity index (χ1n) is 14.4. The molecule has 0 spiro atoms. The van der Waals surface area contributed by atoms with Crippen molar-refractivity contribution < 1.29 is 9.59 Å². The number of anilines is 1. The van der Waals surface area contributed by atoms with Gasteiger partial charge in [-0.2, -0.15) is 0 Å². The minimum absolute atomic E-state index is 0.113. The number of fused-ring (bicyclic) bond motifs is 2. The maximum absolute atomic E-state index is 13.4. The average molecular weight is 524 g/mol. The van der Waals surface area contributed by atoms with Crippen LogP contribution in [0, 0.1) is 26.7 Å². The van der Waals surface area contributed by atoms with Crippen molar-refractivity contribution in [2.24, 2.45) is 11.7 Å². The predicted molar refractivity (Wildman–Crippen MR) is 158 cm³/mol. The van der Waals surface area contributed by atoms with Crippen LogP contribution in [-0.2, 0) is 35.3 Å². The van der Waals surface area contributed by atoms with Gasteiger partial charge in [-0.05, 0) is 104 Å². The van der Waals surface area contributed by atoms with Gasteiger partial charge in [0.1, 0.15) is 0 Å². The normalized spacial score (nSPS) is 17.5. The molecule has 204 valence electrons. The van der Waals surface area contributed by atoms with E-state index in [1.54, 1.807) is 0 Å². The summed E-state index contributed by atoms with van der Waals surface area (Å²) in [5.41, 5.74) is 17.3. The molecule has 0 saturated carbocycles. The largest absolute Gasteiger partial charge is 0.348 e. The fraction of sp³-hybridized carbons (Fsp3) is 0.412. The third kappa shape index (κ3) is 5.79. The number of nitrogens with two attached hydrogens (primary N) is 1. The van der Waals surface area contributed by atoms with Gasteiger partial charge in [0.05, 0.1) is 12.1 Å². The number of benzene rings is 3. The van der Waals surface area contributed by atoms with Gasteiger partial charge in [-0.3, -0.25) is 9.59 Å². The fourth-order valence-corrected chi connectivity index (χ4v) is 6.64. The third-order valence-electron chi connectivity index (χ3n) is 8.58. The lowest BCUT2D eigenvalue weighted by molar-refractivity contribution is -0.123. The van der Waals surface area contributed by atoms with E-state index in [1.807, 2.05) is 11.8 Å². The smallest absolute Gasteiger partial charge is 0.237 e. The van der Waals surface area contributed by atoms with Gasteiger partial charge in [-0.15, -0.1) is 0 Å². The number of carbonyl (C=O) groups is 2. The highest BCUT2D eigenvalue weighted by Gasteiger charge is 2.31. The van der Waals surface area contributed by atoms with Crippen molar-refractivity contribution in [2.45, 2.75) is 78.3 Å². The van der Waals surface area contributed by atoms with Crippen LogP contribution in [0.4, 0.5) is 5.69 Å². The van der Waals surface area contributed by atoms with E-state index in [1.165, 1.54) is 33.4 Å². The van der Waals surface area contributed by atoms with E-state index in [0.717, 1.165) is 36.1 Å². The second kappa shape index (κ2) is 11.4. The highest BCUT2D eigenvalue weighted by Crippen LogP contribution is 2.37. The van der Waals surface area contributed by atoms with Crippen LogP contribution < -0.4 is 16.0 Å². The summed E-state index contributed by atoms with van der Waals surface area (Å²) in [4.78, 5) is 28.0. The molecule has 5 nitrogen and oxygen atoms in total. The maximum Gasteiger partial charge on any atom is 0.237 e. The first-order chi connectivity index (χ1) is 18.7. The molecule has 1 aliphatic carbocycles. The number of carbonyl (C=O) groups excluding carboxylic acids is 2. The summed E-state index contributed by atoms with van der Waals surface area (Å²) >= 11 is 0. The molecule has 0 saturated heterocycles. The highest BCUT2D eigenvalue weighted by atomic mass is 16.2. The molecule has 0 unspecified atom stereocenters. The third-order valence-corrected chi connectivity index (χ3v) is 8.58. The maximum atomic E-state index is 13.4. The van der Waals surface area contributed by atoms with Crippen LogP contribution in [0.5, 0.6) is 0 Å². The SMILES string of the molecule is CCC(=O)N1CC[C@@H](NC(=O)[C@@H](N)Cc2c(C)cc(C)cc2C)c2cc(CC3Cc4ccccc4C3)ccc21. The van der Waals surface area contributed by atoms with E-state index in [-0.39, 0.29) is 17.9 Å². The Labute approximate surface area is 232 Å². The number of nitrogens with one attached hydrogen (secondary N) is 1. The van der Waals surface area contributed by atoms with Crippen molar-refractivity contribution in [1.82, 2.24) is 5.32 Å². The first-order valence-corrected chi connectivity index (χ1v) is 14.4. The van der Waals surface area contributed by atoms with Gasteiger partial charge in [0.15, 0.2) is 0 Å². The van der Waals surface area contributed by atoms with Gasteiger partial charge in [0, 0.05) is 18.7 Å². The highest BCUT2D eigenvalue weighted by molar-refractivity contribution is 5.95. The van der Waals surface area contributed by atoms with E-state index in [2.05, 4.69) is 80.7 Å². The molecule has 0 radical (unpaired) electrons. The molecule has 5 rings (SSSR count). The molecule has 0 aromatic heterocycles. The molecule has 3 N–H and O–H groups in total. The van der Waals surface area contributed by atoms with Crippen LogP contribution in [-0.4, -0.2) is 24.4 Å². The van der Waals surface area contributed by atoms with E-state index >= 15 is 0 Å². The van der Waals surface area contributed by atoms with Crippen molar-refractivity contribution in [3.8, 4) is 0 Å². The molecule has 1 aliphatic heterocycles. The summed E-state index contributed by atoms with van der Waals surface area (Å²) < 4.78 is 0. The molecule has 0 fully saturated rings. The van der Waals surface area contributed by atoms with Gasteiger partial charge < -0.3 is 16.0 Å². The molecule has 1 heterocycles. The molecular weight excluding hydrogens is 482 g/mol.